The molecule has 1 unspecified atom stereocenters. The summed E-state index contributed by atoms with van der Waals surface area (Å²) in [6.45, 7) is 1.49. The van der Waals surface area contributed by atoms with Gasteiger partial charge in [-0.15, -0.1) is 0 Å². The number of aromatic hydroxyl groups is 1. The Kier molecular flexibility index (Phi) is 10.6. The van der Waals surface area contributed by atoms with Crippen molar-refractivity contribution in [3.63, 3.8) is 0 Å². The molecular weight excluding hydrogens is 486 g/mol. The van der Waals surface area contributed by atoms with Gasteiger partial charge >= 0.3 is 11.9 Å². The molecule has 0 saturated heterocycles. The van der Waals surface area contributed by atoms with E-state index in [9.17, 15) is 24.3 Å². The van der Waals surface area contributed by atoms with Crippen LogP contribution in [0.25, 0.3) is 0 Å². The lowest BCUT2D eigenvalue weighted by molar-refractivity contribution is -0.149. The van der Waals surface area contributed by atoms with E-state index >= 15 is 0 Å². The van der Waals surface area contributed by atoms with Crippen LogP contribution >= 0.6 is 0 Å². The van der Waals surface area contributed by atoms with E-state index in [2.05, 4.69) is 5.32 Å². The molecule has 8 heteroatoms. The highest BCUT2D eigenvalue weighted by Crippen LogP contribution is 2.16. The molecule has 3 rings (SSSR count). The highest BCUT2D eigenvalue weighted by Gasteiger charge is 2.23. The quantitative estimate of drug-likeness (QED) is 0.259. The second-order valence-corrected chi connectivity index (χ2v) is 8.90. The number of phenols is 1. The van der Waals surface area contributed by atoms with Crippen molar-refractivity contribution >= 4 is 23.6 Å². The van der Waals surface area contributed by atoms with Gasteiger partial charge in [0.25, 0.3) is 0 Å². The number of benzene rings is 3. The maximum Gasteiger partial charge on any atom is 0.329 e. The van der Waals surface area contributed by atoms with Crippen LogP contribution in [-0.4, -0.2) is 34.8 Å². The number of amides is 1. The summed E-state index contributed by atoms with van der Waals surface area (Å²) in [7, 11) is 0. The first-order valence-electron chi connectivity index (χ1n) is 12.4. The largest absolute Gasteiger partial charge is 0.508 e. The molecule has 0 aromatic heterocycles. The van der Waals surface area contributed by atoms with Crippen molar-refractivity contribution in [3.8, 4) is 11.5 Å². The van der Waals surface area contributed by atoms with E-state index in [1.165, 1.54) is 6.92 Å². The molecule has 1 atom stereocenters. The topological polar surface area (TPSA) is 119 Å². The first-order valence-corrected chi connectivity index (χ1v) is 12.4. The summed E-state index contributed by atoms with van der Waals surface area (Å²) in [5.41, 5.74) is 2.44. The van der Waals surface area contributed by atoms with E-state index in [4.69, 9.17) is 9.47 Å². The number of Topliss-reactive ketones (excluding diaryl/α,β-unsaturated/α-hetero) is 1. The molecule has 1 amide bonds. The minimum atomic E-state index is -0.921. The van der Waals surface area contributed by atoms with E-state index in [-0.39, 0.29) is 49.7 Å². The standard InChI is InChI=1S/C30H31NO7/c1-21(32)7-18-29(35)38-26-15-10-23(11-16-26)19-27(30(36)37-20-24-5-3-2-4-6-24)31-28(34)17-12-22-8-13-25(33)14-9-22/h2-6,8-11,13-16,27,33H,7,12,17-20H2,1H3,(H,31,34). The number of ketones is 1. The first-order chi connectivity index (χ1) is 18.3. The fourth-order valence-corrected chi connectivity index (χ4v) is 3.60. The Balaban J connectivity index is 1.62. The summed E-state index contributed by atoms with van der Waals surface area (Å²) >= 11 is 0. The van der Waals surface area contributed by atoms with Crippen LogP contribution in [0.15, 0.2) is 78.9 Å². The van der Waals surface area contributed by atoms with E-state index < -0.39 is 18.0 Å². The molecule has 0 aliphatic carbocycles. The molecule has 0 radical (unpaired) electrons. The number of carbonyl (C=O) groups is 4. The average molecular weight is 518 g/mol. The maximum absolute atomic E-state index is 12.9. The Morgan fingerprint density at radius 3 is 2.11 bits per heavy atom. The molecule has 3 aromatic rings. The number of phenolic OH excluding ortho intramolecular Hbond substituents is 1. The molecule has 3 aromatic carbocycles. The number of rotatable bonds is 13. The Hall–Kier alpha value is -4.46. The third-order valence-electron chi connectivity index (χ3n) is 5.70. The zero-order valence-corrected chi connectivity index (χ0v) is 21.2. The molecule has 38 heavy (non-hydrogen) atoms. The van der Waals surface area contributed by atoms with Gasteiger partial charge in [0.05, 0.1) is 6.42 Å². The average Bonchev–Trinajstić information content (AvgIpc) is 2.91. The Morgan fingerprint density at radius 1 is 0.789 bits per heavy atom. The van der Waals surface area contributed by atoms with Crippen LogP contribution in [-0.2, 0) is 43.4 Å². The van der Waals surface area contributed by atoms with Crippen LogP contribution < -0.4 is 10.1 Å². The van der Waals surface area contributed by atoms with Gasteiger partial charge in [0, 0.05) is 19.3 Å². The summed E-state index contributed by atoms with van der Waals surface area (Å²) in [4.78, 5) is 48.6. The van der Waals surface area contributed by atoms with Crippen LogP contribution in [0, 0.1) is 0 Å². The second-order valence-electron chi connectivity index (χ2n) is 8.90. The third-order valence-corrected chi connectivity index (χ3v) is 5.70. The van der Waals surface area contributed by atoms with Crippen LogP contribution in [0.4, 0.5) is 0 Å². The fraction of sp³-hybridized carbons (Fsp3) is 0.267. The van der Waals surface area contributed by atoms with Crippen molar-refractivity contribution in [2.75, 3.05) is 0 Å². The minimum absolute atomic E-state index is 0.00257. The molecule has 0 aliphatic rings. The lowest BCUT2D eigenvalue weighted by Crippen LogP contribution is -2.43. The van der Waals surface area contributed by atoms with Gasteiger partial charge in [0.2, 0.25) is 5.91 Å². The van der Waals surface area contributed by atoms with E-state index in [0.717, 1.165) is 16.7 Å². The minimum Gasteiger partial charge on any atom is -0.508 e. The monoisotopic (exact) mass is 517 g/mol. The molecular formula is C30H31NO7. The smallest absolute Gasteiger partial charge is 0.329 e. The van der Waals surface area contributed by atoms with Crippen molar-refractivity contribution in [1.82, 2.24) is 5.32 Å². The molecule has 0 saturated carbocycles. The van der Waals surface area contributed by atoms with Gasteiger partial charge in [-0.2, -0.15) is 0 Å². The highest BCUT2D eigenvalue weighted by molar-refractivity contribution is 5.85. The number of ether oxygens (including phenoxy) is 2. The zero-order valence-electron chi connectivity index (χ0n) is 21.2. The van der Waals surface area contributed by atoms with Gasteiger partial charge in [0.1, 0.15) is 29.9 Å². The molecule has 0 heterocycles. The third kappa shape index (κ3) is 9.89. The number of hydrogen-bond donors (Lipinski definition) is 2. The predicted octanol–water partition coefficient (Wildman–Crippen LogP) is 4.07. The van der Waals surface area contributed by atoms with Gasteiger partial charge in [-0.05, 0) is 54.3 Å². The molecule has 198 valence electrons. The normalized spacial score (nSPS) is 11.3. The van der Waals surface area contributed by atoms with E-state index in [1.54, 1.807) is 48.5 Å². The lowest BCUT2D eigenvalue weighted by Gasteiger charge is -2.18. The lowest BCUT2D eigenvalue weighted by atomic mass is 10.0. The summed E-state index contributed by atoms with van der Waals surface area (Å²) in [5.74, 6) is -0.995. The molecule has 0 spiro atoms. The fourth-order valence-electron chi connectivity index (χ4n) is 3.60. The van der Waals surface area contributed by atoms with Crippen LogP contribution in [0.3, 0.4) is 0 Å². The van der Waals surface area contributed by atoms with Crippen molar-refractivity contribution in [3.05, 3.63) is 95.6 Å². The zero-order chi connectivity index (χ0) is 27.3. The van der Waals surface area contributed by atoms with E-state index in [1.807, 2.05) is 30.3 Å². The summed E-state index contributed by atoms with van der Waals surface area (Å²) < 4.78 is 10.7. The number of hydrogen-bond acceptors (Lipinski definition) is 7. The SMILES string of the molecule is CC(=O)CCC(=O)Oc1ccc(CC(NC(=O)CCc2ccc(O)cc2)C(=O)OCc2ccccc2)cc1. The van der Waals surface area contributed by atoms with Crippen molar-refractivity contribution in [2.45, 2.75) is 51.7 Å². The predicted molar refractivity (Wildman–Crippen MR) is 140 cm³/mol. The Labute approximate surface area is 221 Å². The van der Waals surface area contributed by atoms with E-state index in [0.29, 0.717) is 12.2 Å². The Bertz CT molecular complexity index is 1220. The number of nitrogens with one attached hydrogen (secondary N) is 1. The van der Waals surface area contributed by atoms with Crippen molar-refractivity contribution < 1.29 is 33.8 Å². The van der Waals surface area contributed by atoms with Crippen molar-refractivity contribution in [1.29, 1.82) is 0 Å². The second kappa shape index (κ2) is 14.3. The molecule has 2 N–H and O–H groups in total. The van der Waals surface area contributed by atoms with Crippen LogP contribution in [0.2, 0.25) is 0 Å². The maximum atomic E-state index is 12.9. The molecule has 0 aliphatic heterocycles. The summed E-state index contributed by atoms with van der Waals surface area (Å²) in [6.07, 6.45) is 0.903. The van der Waals surface area contributed by atoms with Gasteiger partial charge in [-0.25, -0.2) is 4.79 Å². The number of esters is 2. The molecule has 0 bridgehead atoms. The van der Waals surface area contributed by atoms with Crippen molar-refractivity contribution in [2.24, 2.45) is 0 Å². The highest BCUT2D eigenvalue weighted by atomic mass is 16.5. The summed E-state index contributed by atoms with van der Waals surface area (Å²) in [5, 5.41) is 12.2. The van der Waals surface area contributed by atoms with Gasteiger partial charge in [0.15, 0.2) is 0 Å². The first kappa shape index (κ1) is 28.1. The molecule has 0 fully saturated rings. The van der Waals surface area contributed by atoms with Gasteiger partial charge in [-0.1, -0.05) is 54.6 Å². The van der Waals surface area contributed by atoms with Crippen LogP contribution in [0.5, 0.6) is 11.5 Å². The number of carbonyl (C=O) groups excluding carboxylic acids is 4. The number of aryl methyl sites for hydroxylation is 1. The van der Waals surface area contributed by atoms with Crippen LogP contribution in [0.1, 0.15) is 42.9 Å². The summed E-state index contributed by atoms with van der Waals surface area (Å²) in [6, 6.07) is 21.5. The van der Waals surface area contributed by atoms with Gasteiger partial charge < -0.3 is 24.7 Å². The molecule has 8 nitrogen and oxygen atoms in total. The van der Waals surface area contributed by atoms with Gasteiger partial charge in [-0.3, -0.25) is 9.59 Å². The Morgan fingerprint density at radius 2 is 1.45 bits per heavy atom.